The summed E-state index contributed by atoms with van der Waals surface area (Å²) in [5, 5.41) is 38.6. The molecule has 0 aliphatic heterocycles. The Morgan fingerprint density at radius 1 is 0.526 bits per heavy atom. The van der Waals surface area contributed by atoms with Gasteiger partial charge >= 0.3 is 23.9 Å². The number of carbonyl (C=O) groups is 4. The summed E-state index contributed by atoms with van der Waals surface area (Å²) in [5.74, 6) is -5.14. The Morgan fingerprint density at radius 2 is 0.763 bits per heavy atom. The van der Waals surface area contributed by atoms with Gasteiger partial charge in [0.1, 0.15) is 0 Å². The van der Waals surface area contributed by atoms with E-state index in [2.05, 4.69) is 0 Å². The third-order valence-electron chi connectivity index (χ3n) is 5.94. The lowest BCUT2D eigenvalue weighted by atomic mass is 9.89. The zero-order valence-electron chi connectivity index (χ0n) is 21.8. The van der Waals surface area contributed by atoms with Crippen LogP contribution in [0, 0.1) is 0 Å². The summed E-state index contributed by atoms with van der Waals surface area (Å²) < 4.78 is 0. The predicted octanol–water partition coefficient (Wildman–Crippen LogP) is 1.54. The second kappa shape index (κ2) is 13.4. The Hall–Kier alpha value is -4.16. The van der Waals surface area contributed by atoms with Crippen molar-refractivity contribution in [3.05, 3.63) is 59.7 Å². The van der Waals surface area contributed by atoms with Crippen LogP contribution in [0.25, 0.3) is 0 Å². The van der Waals surface area contributed by atoms with Crippen molar-refractivity contribution in [2.24, 2.45) is 0 Å². The highest BCUT2D eigenvalue weighted by molar-refractivity contribution is 5.74. The second-order valence-corrected chi connectivity index (χ2v) is 9.25. The van der Waals surface area contributed by atoms with Crippen LogP contribution < -0.4 is 9.80 Å². The Bertz CT molecular complexity index is 998. The van der Waals surface area contributed by atoms with E-state index in [1.54, 1.807) is 48.5 Å². The molecule has 12 heteroatoms. The van der Waals surface area contributed by atoms with Crippen LogP contribution in [0.15, 0.2) is 48.5 Å². The maximum absolute atomic E-state index is 11.8. The molecule has 2 atom stereocenters. The quantitative estimate of drug-likeness (QED) is 0.263. The molecule has 0 spiro atoms. The third kappa shape index (κ3) is 8.46. The normalized spacial score (nSPS) is 12.7. The largest absolute Gasteiger partial charge is 0.480 e. The van der Waals surface area contributed by atoms with E-state index in [-0.39, 0.29) is 0 Å². The molecule has 12 nitrogen and oxygen atoms in total. The van der Waals surface area contributed by atoms with Crippen molar-refractivity contribution < 1.29 is 39.6 Å². The Morgan fingerprint density at radius 3 is 0.947 bits per heavy atom. The first-order valence-corrected chi connectivity index (χ1v) is 11.7. The number of carboxylic acid groups (broad SMARTS) is 4. The maximum Gasteiger partial charge on any atom is 0.317 e. The number of hydrogen-bond acceptors (Lipinski definition) is 8. The fourth-order valence-electron chi connectivity index (χ4n) is 4.33. The lowest BCUT2D eigenvalue weighted by molar-refractivity contribution is -0.148. The lowest BCUT2D eigenvalue weighted by Gasteiger charge is -2.41. The molecule has 2 aromatic rings. The molecular formula is C26H34N4O8. The molecule has 2 rings (SSSR count). The highest BCUT2D eigenvalue weighted by Crippen LogP contribution is 2.39. The Labute approximate surface area is 220 Å². The van der Waals surface area contributed by atoms with Crippen molar-refractivity contribution in [1.29, 1.82) is 0 Å². The highest BCUT2D eigenvalue weighted by atomic mass is 16.4. The molecule has 206 valence electrons. The van der Waals surface area contributed by atoms with Crippen LogP contribution in [0.4, 0.5) is 11.4 Å². The zero-order chi connectivity index (χ0) is 28.6. The summed E-state index contributed by atoms with van der Waals surface area (Å²) in [6.07, 6.45) is 0. The van der Waals surface area contributed by atoms with Crippen LogP contribution in [0.3, 0.4) is 0 Å². The van der Waals surface area contributed by atoms with E-state index in [4.69, 9.17) is 0 Å². The standard InChI is InChI=1S/C26H34N4O8/c1-27(2)19-9-5-17(6-10-19)25(29(13-21(31)32)14-22(33)34)26(30(15-23(35)36)16-24(37)38)18-7-11-20(12-8-18)28(3)4/h5-12,25-26H,13-16H2,1-4H3,(H,31,32)(H,33,34)(H,35,36)(H,37,38)/t25-,26-/m0/s1. The molecule has 2 aromatic carbocycles. The molecule has 0 unspecified atom stereocenters. The van der Waals surface area contributed by atoms with E-state index >= 15 is 0 Å². The number of hydrogen-bond donors (Lipinski definition) is 4. The summed E-state index contributed by atoms with van der Waals surface area (Å²) in [5.41, 5.74) is 2.66. The van der Waals surface area contributed by atoms with Crippen LogP contribution in [-0.2, 0) is 19.2 Å². The molecule has 0 bridgehead atoms. The average molecular weight is 531 g/mol. The Kier molecular flexibility index (Phi) is 10.6. The fourth-order valence-corrected chi connectivity index (χ4v) is 4.33. The van der Waals surface area contributed by atoms with Gasteiger partial charge in [0.15, 0.2) is 0 Å². The first-order chi connectivity index (χ1) is 17.8. The van der Waals surface area contributed by atoms with E-state index in [1.165, 1.54) is 9.80 Å². The van der Waals surface area contributed by atoms with E-state index in [9.17, 15) is 39.6 Å². The van der Waals surface area contributed by atoms with Gasteiger partial charge in [-0.1, -0.05) is 24.3 Å². The van der Waals surface area contributed by atoms with Gasteiger partial charge in [-0.2, -0.15) is 0 Å². The molecule has 0 amide bonds. The van der Waals surface area contributed by atoms with Crippen molar-refractivity contribution in [3.63, 3.8) is 0 Å². The van der Waals surface area contributed by atoms with Crippen molar-refractivity contribution in [3.8, 4) is 0 Å². The minimum Gasteiger partial charge on any atom is -0.480 e. The minimum atomic E-state index is -1.29. The van der Waals surface area contributed by atoms with Gasteiger partial charge in [0.25, 0.3) is 0 Å². The van der Waals surface area contributed by atoms with Crippen LogP contribution >= 0.6 is 0 Å². The molecule has 0 saturated heterocycles. The van der Waals surface area contributed by atoms with E-state index < -0.39 is 62.1 Å². The summed E-state index contributed by atoms with van der Waals surface area (Å²) >= 11 is 0. The van der Waals surface area contributed by atoms with Crippen LogP contribution in [0.1, 0.15) is 23.2 Å². The summed E-state index contributed by atoms with van der Waals surface area (Å²) in [6.45, 7) is -2.70. The molecular weight excluding hydrogens is 496 g/mol. The van der Waals surface area contributed by atoms with Crippen LogP contribution in [0.2, 0.25) is 0 Å². The van der Waals surface area contributed by atoms with Crippen molar-refractivity contribution in [2.75, 3.05) is 64.2 Å². The smallest absolute Gasteiger partial charge is 0.317 e. The fraction of sp³-hybridized carbons (Fsp3) is 0.385. The van der Waals surface area contributed by atoms with Gasteiger partial charge in [-0.05, 0) is 35.4 Å². The summed E-state index contributed by atoms with van der Waals surface area (Å²) in [4.78, 5) is 53.4. The number of aliphatic carboxylic acids is 4. The molecule has 0 heterocycles. The topological polar surface area (TPSA) is 162 Å². The Balaban J connectivity index is 2.85. The third-order valence-corrected chi connectivity index (χ3v) is 5.94. The van der Waals surface area contributed by atoms with E-state index in [0.717, 1.165) is 11.4 Å². The summed E-state index contributed by atoms with van der Waals surface area (Å²) in [6, 6.07) is 11.9. The van der Waals surface area contributed by atoms with Crippen LogP contribution in [0.5, 0.6) is 0 Å². The molecule has 0 aromatic heterocycles. The van der Waals surface area contributed by atoms with E-state index in [1.807, 2.05) is 38.0 Å². The van der Waals surface area contributed by atoms with Crippen LogP contribution in [-0.4, -0.2) is 108 Å². The van der Waals surface area contributed by atoms with Crippen molar-refractivity contribution in [1.82, 2.24) is 9.80 Å². The molecule has 0 radical (unpaired) electrons. The monoisotopic (exact) mass is 530 g/mol. The molecule has 38 heavy (non-hydrogen) atoms. The summed E-state index contributed by atoms with van der Waals surface area (Å²) in [7, 11) is 7.35. The van der Waals surface area contributed by atoms with Gasteiger partial charge in [-0.15, -0.1) is 0 Å². The first-order valence-electron chi connectivity index (χ1n) is 11.7. The molecule has 0 aliphatic carbocycles. The van der Waals surface area contributed by atoms with Gasteiger partial charge in [0.05, 0.1) is 38.3 Å². The number of carboxylic acids is 4. The average Bonchev–Trinajstić information content (AvgIpc) is 2.80. The van der Waals surface area contributed by atoms with Gasteiger partial charge in [-0.25, -0.2) is 0 Å². The van der Waals surface area contributed by atoms with Gasteiger partial charge in [0, 0.05) is 39.6 Å². The highest BCUT2D eigenvalue weighted by Gasteiger charge is 2.38. The molecule has 4 N–H and O–H groups in total. The lowest BCUT2D eigenvalue weighted by Crippen LogP contribution is -2.47. The SMILES string of the molecule is CN(C)c1ccc([C@@H]([C@H](c2ccc(N(C)C)cc2)N(CC(=O)O)CC(=O)O)N(CC(=O)O)CC(=O)O)cc1. The molecule has 0 aliphatic rings. The van der Waals surface area contributed by atoms with Gasteiger partial charge < -0.3 is 30.2 Å². The second-order valence-electron chi connectivity index (χ2n) is 9.25. The number of benzene rings is 2. The number of anilines is 2. The minimum absolute atomic E-state index is 0.501. The van der Waals surface area contributed by atoms with Gasteiger partial charge in [0.2, 0.25) is 0 Å². The van der Waals surface area contributed by atoms with Crippen molar-refractivity contribution >= 4 is 35.3 Å². The number of nitrogens with zero attached hydrogens (tertiary/aromatic N) is 4. The van der Waals surface area contributed by atoms with Gasteiger partial charge in [-0.3, -0.25) is 29.0 Å². The maximum atomic E-state index is 11.8. The predicted molar refractivity (Wildman–Crippen MR) is 141 cm³/mol. The molecule has 0 fully saturated rings. The number of rotatable bonds is 15. The molecule has 0 saturated carbocycles. The van der Waals surface area contributed by atoms with Crippen molar-refractivity contribution in [2.45, 2.75) is 12.1 Å². The van der Waals surface area contributed by atoms with E-state index in [0.29, 0.717) is 11.1 Å². The zero-order valence-corrected chi connectivity index (χ0v) is 21.8. The first kappa shape index (κ1) is 30.1.